The molecular formula is C15H23N3O. The molecule has 0 aliphatic carbocycles. The number of nitrogens with zero attached hydrogens (tertiary/aromatic N) is 1. The van der Waals surface area contributed by atoms with Crippen LogP contribution in [0.3, 0.4) is 0 Å². The molecule has 1 aromatic carbocycles. The second-order valence-electron chi connectivity index (χ2n) is 5.09. The van der Waals surface area contributed by atoms with E-state index in [1.54, 1.807) is 0 Å². The van der Waals surface area contributed by atoms with Crippen molar-refractivity contribution in [3.63, 3.8) is 0 Å². The molecule has 0 radical (unpaired) electrons. The number of anilines is 1. The van der Waals surface area contributed by atoms with E-state index >= 15 is 0 Å². The van der Waals surface area contributed by atoms with Gasteiger partial charge in [0.15, 0.2) is 0 Å². The number of carbonyl (C=O) groups excluding carboxylic acids is 1. The molecule has 0 saturated carbocycles. The molecule has 104 valence electrons. The van der Waals surface area contributed by atoms with Gasteiger partial charge in [-0.25, -0.2) is 4.79 Å². The lowest BCUT2D eigenvalue weighted by molar-refractivity contribution is 0.177. The highest BCUT2D eigenvalue weighted by Crippen LogP contribution is 2.14. The summed E-state index contributed by atoms with van der Waals surface area (Å²) in [5.74, 6) is 0. The first kappa shape index (κ1) is 13.9. The lowest BCUT2D eigenvalue weighted by Crippen LogP contribution is -2.50. The van der Waals surface area contributed by atoms with E-state index in [4.69, 9.17) is 0 Å². The SMILES string of the molecule is CCN(C(=O)Nc1cccc(C)c1)C1CCCNC1. The number of benzene rings is 1. The van der Waals surface area contributed by atoms with Crippen LogP contribution in [0.5, 0.6) is 0 Å². The molecular weight excluding hydrogens is 238 g/mol. The Kier molecular flexibility index (Phi) is 4.80. The molecule has 2 N–H and O–H groups in total. The lowest BCUT2D eigenvalue weighted by atomic mass is 10.1. The summed E-state index contributed by atoms with van der Waals surface area (Å²) in [5.41, 5.74) is 2.02. The molecule has 1 aliphatic heterocycles. The van der Waals surface area contributed by atoms with Crippen molar-refractivity contribution in [1.82, 2.24) is 10.2 Å². The van der Waals surface area contributed by atoms with Gasteiger partial charge >= 0.3 is 6.03 Å². The van der Waals surface area contributed by atoms with Crippen LogP contribution in [-0.4, -0.2) is 36.6 Å². The molecule has 0 bridgehead atoms. The van der Waals surface area contributed by atoms with Gasteiger partial charge in [-0.2, -0.15) is 0 Å². The van der Waals surface area contributed by atoms with Crippen LogP contribution in [0.2, 0.25) is 0 Å². The second kappa shape index (κ2) is 6.57. The number of hydrogen-bond acceptors (Lipinski definition) is 2. The van der Waals surface area contributed by atoms with Gasteiger partial charge in [0.2, 0.25) is 0 Å². The van der Waals surface area contributed by atoms with E-state index in [0.717, 1.165) is 43.7 Å². The van der Waals surface area contributed by atoms with Gasteiger partial charge in [0.05, 0.1) is 0 Å². The number of urea groups is 1. The zero-order valence-corrected chi connectivity index (χ0v) is 11.8. The molecule has 2 rings (SSSR count). The van der Waals surface area contributed by atoms with E-state index < -0.39 is 0 Å². The maximum absolute atomic E-state index is 12.3. The topological polar surface area (TPSA) is 44.4 Å². The summed E-state index contributed by atoms with van der Waals surface area (Å²) in [4.78, 5) is 14.3. The number of nitrogens with one attached hydrogen (secondary N) is 2. The maximum Gasteiger partial charge on any atom is 0.322 e. The van der Waals surface area contributed by atoms with Crippen LogP contribution < -0.4 is 10.6 Å². The predicted molar refractivity (Wildman–Crippen MR) is 78.5 cm³/mol. The first-order valence-electron chi connectivity index (χ1n) is 7.05. The highest BCUT2D eigenvalue weighted by Gasteiger charge is 2.23. The molecule has 1 heterocycles. The molecule has 19 heavy (non-hydrogen) atoms. The van der Waals surface area contributed by atoms with Crippen molar-refractivity contribution >= 4 is 11.7 Å². The Bertz CT molecular complexity index is 427. The minimum absolute atomic E-state index is 0.00167. The summed E-state index contributed by atoms with van der Waals surface area (Å²) >= 11 is 0. The Morgan fingerprint density at radius 3 is 3.00 bits per heavy atom. The third kappa shape index (κ3) is 3.70. The average Bonchev–Trinajstić information content (AvgIpc) is 2.41. The molecule has 4 heteroatoms. The standard InChI is InChI=1S/C15H23N3O/c1-3-18(14-8-5-9-16-11-14)15(19)17-13-7-4-6-12(2)10-13/h4,6-7,10,14,16H,3,5,8-9,11H2,1-2H3,(H,17,19). The number of likely N-dealkylation sites (N-methyl/N-ethyl adjacent to an activating group) is 1. The number of rotatable bonds is 3. The van der Waals surface area contributed by atoms with E-state index in [-0.39, 0.29) is 6.03 Å². The van der Waals surface area contributed by atoms with Crippen LogP contribution in [0.4, 0.5) is 10.5 Å². The number of piperidine rings is 1. The quantitative estimate of drug-likeness (QED) is 0.878. The summed E-state index contributed by atoms with van der Waals surface area (Å²) in [6.07, 6.45) is 2.22. The molecule has 1 saturated heterocycles. The molecule has 2 amide bonds. The molecule has 0 aromatic heterocycles. The first-order chi connectivity index (χ1) is 9.20. The van der Waals surface area contributed by atoms with Crippen molar-refractivity contribution in [3.8, 4) is 0 Å². The van der Waals surface area contributed by atoms with E-state index in [1.807, 2.05) is 43.0 Å². The minimum Gasteiger partial charge on any atom is -0.321 e. The van der Waals surface area contributed by atoms with Crippen LogP contribution in [0, 0.1) is 6.92 Å². The number of hydrogen-bond donors (Lipinski definition) is 2. The van der Waals surface area contributed by atoms with Crippen molar-refractivity contribution < 1.29 is 4.79 Å². The smallest absolute Gasteiger partial charge is 0.321 e. The van der Waals surface area contributed by atoms with Gasteiger partial charge in [-0.3, -0.25) is 0 Å². The summed E-state index contributed by atoms with van der Waals surface area (Å²) in [6.45, 7) is 6.76. The first-order valence-corrected chi connectivity index (χ1v) is 7.05. The average molecular weight is 261 g/mol. The van der Waals surface area contributed by atoms with Gasteiger partial charge in [0.25, 0.3) is 0 Å². The zero-order valence-electron chi connectivity index (χ0n) is 11.8. The second-order valence-corrected chi connectivity index (χ2v) is 5.09. The van der Waals surface area contributed by atoms with E-state index in [9.17, 15) is 4.79 Å². The van der Waals surface area contributed by atoms with Crippen LogP contribution in [-0.2, 0) is 0 Å². The summed E-state index contributed by atoms with van der Waals surface area (Å²) in [7, 11) is 0. The number of carbonyl (C=O) groups is 1. The lowest BCUT2D eigenvalue weighted by Gasteiger charge is -2.33. The van der Waals surface area contributed by atoms with E-state index in [0.29, 0.717) is 6.04 Å². The highest BCUT2D eigenvalue weighted by atomic mass is 16.2. The van der Waals surface area contributed by atoms with E-state index in [2.05, 4.69) is 10.6 Å². The van der Waals surface area contributed by atoms with Crippen LogP contribution in [0.1, 0.15) is 25.3 Å². The monoisotopic (exact) mass is 261 g/mol. The summed E-state index contributed by atoms with van der Waals surface area (Å²) in [5, 5.41) is 6.35. The minimum atomic E-state index is 0.00167. The van der Waals surface area contributed by atoms with Crippen molar-refractivity contribution in [1.29, 1.82) is 0 Å². The number of amides is 2. The van der Waals surface area contributed by atoms with Gasteiger partial charge in [0, 0.05) is 24.8 Å². The van der Waals surface area contributed by atoms with Gasteiger partial charge in [0.1, 0.15) is 0 Å². The fourth-order valence-electron chi connectivity index (χ4n) is 2.59. The van der Waals surface area contributed by atoms with Crippen LogP contribution in [0.25, 0.3) is 0 Å². The Balaban J connectivity index is 2.00. The van der Waals surface area contributed by atoms with E-state index in [1.165, 1.54) is 0 Å². The van der Waals surface area contributed by atoms with Crippen molar-refractivity contribution in [2.24, 2.45) is 0 Å². The van der Waals surface area contributed by atoms with Crippen LogP contribution in [0.15, 0.2) is 24.3 Å². The Labute approximate surface area is 115 Å². The van der Waals surface area contributed by atoms with Crippen LogP contribution >= 0.6 is 0 Å². The Morgan fingerprint density at radius 2 is 2.37 bits per heavy atom. The van der Waals surface area contributed by atoms with Crippen molar-refractivity contribution in [2.45, 2.75) is 32.7 Å². The highest BCUT2D eigenvalue weighted by molar-refractivity contribution is 5.89. The van der Waals surface area contributed by atoms with Crippen molar-refractivity contribution in [2.75, 3.05) is 25.0 Å². The molecule has 1 atom stereocenters. The normalized spacial score (nSPS) is 18.9. The Hall–Kier alpha value is -1.55. The van der Waals surface area contributed by atoms with Gasteiger partial charge in [-0.05, 0) is 50.9 Å². The molecule has 1 unspecified atom stereocenters. The largest absolute Gasteiger partial charge is 0.322 e. The maximum atomic E-state index is 12.3. The molecule has 1 fully saturated rings. The van der Waals surface area contributed by atoms with Gasteiger partial charge in [-0.15, -0.1) is 0 Å². The fourth-order valence-corrected chi connectivity index (χ4v) is 2.59. The summed E-state index contributed by atoms with van der Waals surface area (Å²) in [6, 6.07) is 8.22. The molecule has 1 aromatic rings. The van der Waals surface area contributed by atoms with Gasteiger partial charge < -0.3 is 15.5 Å². The third-order valence-electron chi connectivity index (χ3n) is 3.58. The van der Waals surface area contributed by atoms with Gasteiger partial charge in [-0.1, -0.05) is 12.1 Å². The third-order valence-corrected chi connectivity index (χ3v) is 3.58. The molecule has 1 aliphatic rings. The summed E-state index contributed by atoms with van der Waals surface area (Å²) < 4.78 is 0. The Morgan fingerprint density at radius 1 is 1.53 bits per heavy atom. The zero-order chi connectivity index (χ0) is 13.7. The number of aryl methyl sites for hydroxylation is 1. The molecule has 0 spiro atoms. The predicted octanol–water partition coefficient (Wildman–Crippen LogP) is 2.60. The fraction of sp³-hybridized carbons (Fsp3) is 0.533. The van der Waals surface area contributed by atoms with Crippen molar-refractivity contribution in [3.05, 3.63) is 29.8 Å². The molecule has 4 nitrogen and oxygen atoms in total.